The number of hydrogen-bond donors (Lipinski definition) is 3. The molecule has 2 rings (SSSR count). The lowest BCUT2D eigenvalue weighted by atomic mass is 10.1. The van der Waals surface area contributed by atoms with E-state index in [4.69, 9.17) is 5.11 Å². The Bertz CT molecular complexity index is 560. The topological polar surface area (TPSA) is 95.5 Å². The van der Waals surface area contributed by atoms with Crippen molar-refractivity contribution in [3.63, 3.8) is 0 Å². The minimum absolute atomic E-state index is 0.181. The second-order valence-corrected chi connectivity index (χ2v) is 5.35. The average Bonchev–Trinajstić information content (AvgIpc) is 2.61. The predicted octanol–water partition coefficient (Wildman–Crippen LogP) is 1.07. The Hall–Kier alpha value is -2.02. The van der Waals surface area contributed by atoms with Crippen LogP contribution in [0.5, 0.6) is 0 Å². The van der Waals surface area contributed by atoms with Gasteiger partial charge in [-0.2, -0.15) is 0 Å². The largest absolute Gasteiger partial charge is 0.478 e. The van der Waals surface area contributed by atoms with Gasteiger partial charge in [-0.3, -0.25) is 10.1 Å². The van der Waals surface area contributed by atoms with Gasteiger partial charge >= 0.3 is 12.0 Å². The molecule has 1 heterocycles. The molecule has 0 bridgehead atoms. The molecule has 0 radical (unpaired) electrons. The van der Waals surface area contributed by atoms with E-state index in [1.165, 1.54) is 17.8 Å². The molecule has 100 valence electrons. The highest BCUT2D eigenvalue weighted by molar-refractivity contribution is 7.99. The molecule has 0 aromatic heterocycles. The van der Waals surface area contributed by atoms with Gasteiger partial charge in [0.05, 0.1) is 5.56 Å². The zero-order valence-electron chi connectivity index (χ0n) is 10.1. The molecule has 19 heavy (non-hydrogen) atoms. The van der Waals surface area contributed by atoms with Crippen LogP contribution in [0.4, 0.5) is 4.79 Å². The number of benzene rings is 1. The number of hydrogen-bond acceptors (Lipinski definition) is 4. The molecular formula is C12H12N2O4S. The fourth-order valence-corrected chi connectivity index (χ4v) is 2.81. The monoisotopic (exact) mass is 280 g/mol. The number of carbonyl (C=O) groups is 3. The lowest BCUT2D eigenvalue weighted by Crippen LogP contribution is -2.46. The van der Waals surface area contributed by atoms with E-state index in [9.17, 15) is 14.4 Å². The Morgan fingerprint density at radius 2 is 2.05 bits per heavy atom. The van der Waals surface area contributed by atoms with Crippen molar-refractivity contribution in [2.75, 3.05) is 5.75 Å². The third kappa shape index (κ3) is 2.70. The predicted molar refractivity (Wildman–Crippen MR) is 69.2 cm³/mol. The number of rotatable bonds is 4. The van der Waals surface area contributed by atoms with Crippen molar-refractivity contribution in [2.45, 2.75) is 17.4 Å². The van der Waals surface area contributed by atoms with Crippen LogP contribution in [0.1, 0.15) is 17.3 Å². The van der Waals surface area contributed by atoms with Crippen LogP contribution in [0, 0.1) is 0 Å². The number of thioether (sulfide) groups is 1. The molecule has 0 saturated carbocycles. The highest BCUT2D eigenvalue weighted by Gasteiger charge is 2.41. The van der Waals surface area contributed by atoms with Gasteiger partial charge in [0.1, 0.15) is 5.54 Å². The van der Waals surface area contributed by atoms with Crippen molar-refractivity contribution in [1.29, 1.82) is 0 Å². The average molecular weight is 280 g/mol. The van der Waals surface area contributed by atoms with Gasteiger partial charge in [0, 0.05) is 10.6 Å². The molecule has 7 heteroatoms. The molecule has 1 unspecified atom stereocenters. The lowest BCUT2D eigenvalue weighted by Gasteiger charge is -2.20. The minimum atomic E-state index is -1.02. The lowest BCUT2D eigenvalue weighted by molar-refractivity contribution is -0.122. The van der Waals surface area contributed by atoms with E-state index in [-0.39, 0.29) is 11.3 Å². The first kappa shape index (κ1) is 13.4. The van der Waals surface area contributed by atoms with Crippen LogP contribution in [0.15, 0.2) is 29.2 Å². The highest BCUT2D eigenvalue weighted by Crippen LogP contribution is 2.27. The maximum absolute atomic E-state index is 11.6. The van der Waals surface area contributed by atoms with Crippen molar-refractivity contribution < 1.29 is 19.5 Å². The molecule has 3 N–H and O–H groups in total. The van der Waals surface area contributed by atoms with E-state index in [1.54, 1.807) is 25.1 Å². The molecule has 1 aromatic rings. The molecule has 0 aliphatic carbocycles. The molecule has 1 atom stereocenters. The number of carbonyl (C=O) groups excluding carboxylic acids is 2. The second-order valence-electron chi connectivity index (χ2n) is 4.33. The zero-order chi connectivity index (χ0) is 14.0. The van der Waals surface area contributed by atoms with Gasteiger partial charge in [-0.1, -0.05) is 12.1 Å². The van der Waals surface area contributed by atoms with E-state index in [0.717, 1.165) is 0 Å². The summed E-state index contributed by atoms with van der Waals surface area (Å²) in [6.45, 7) is 1.60. The first-order chi connectivity index (χ1) is 8.92. The van der Waals surface area contributed by atoms with Crippen molar-refractivity contribution in [3.8, 4) is 0 Å². The standard InChI is InChI=1S/C12H12N2O4S/c1-12(10(17)13-11(18)14-12)6-19-8-5-3-2-4-7(8)9(15)16/h2-5H,6H2,1H3,(H,15,16)(H2,13,14,17,18). The smallest absolute Gasteiger partial charge is 0.336 e. The number of nitrogens with one attached hydrogen (secondary N) is 2. The summed E-state index contributed by atoms with van der Waals surface area (Å²) in [5.41, 5.74) is -0.839. The Kier molecular flexibility index (Phi) is 3.48. The maximum atomic E-state index is 11.6. The van der Waals surface area contributed by atoms with Crippen LogP contribution in [0.3, 0.4) is 0 Å². The molecule has 1 saturated heterocycles. The Balaban J connectivity index is 2.13. The Morgan fingerprint density at radius 1 is 1.37 bits per heavy atom. The summed E-state index contributed by atoms with van der Waals surface area (Å²) in [6, 6.07) is 6.01. The van der Waals surface area contributed by atoms with Crippen molar-refractivity contribution >= 4 is 29.7 Å². The van der Waals surface area contributed by atoms with Crippen LogP contribution in [-0.4, -0.2) is 34.3 Å². The van der Waals surface area contributed by atoms with E-state index in [2.05, 4.69) is 10.6 Å². The first-order valence-corrected chi connectivity index (χ1v) is 6.50. The van der Waals surface area contributed by atoms with Gasteiger partial charge in [0.2, 0.25) is 0 Å². The Labute approximate surface area is 113 Å². The van der Waals surface area contributed by atoms with Gasteiger partial charge in [0.15, 0.2) is 0 Å². The van der Waals surface area contributed by atoms with Gasteiger partial charge in [-0.25, -0.2) is 9.59 Å². The zero-order valence-corrected chi connectivity index (χ0v) is 10.9. The van der Waals surface area contributed by atoms with Crippen LogP contribution in [-0.2, 0) is 4.79 Å². The summed E-state index contributed by atoms with van der Waals surface area (Å²) in [4.78, 5) is 34.3. The van der Waals surface area contributed by atoms with Gasteiger partial charge in [0.25, 0.3) is 5.91 Å². The van der Waals surface area contributed by atoms with Crippen LogP contribution in [0.25, 0.3) is 0 Å². The summed E-state index contributed by atoms with van der Waals surface area (Å²) in [5, 5.41) is 13.7. The number of urea groups is 1. The highest BCUT2D eigenvalue weighted by atomic mass is 32.2. The summed E-state index contributed by atoms with van der Waals surface area (Å²) in [6.07, 6.45) is 0. The minimum Gasteiger partial charge on any atom is -0.478 e. The van der Waals surface area contributed by atoms with Crippen molar-refractivity contribution in [1.82, 2.24) is 10.6 Å². The second kappa shape index (κ2) is 4.93. The molecule has 3 amide bonds. The molecule has 0 spiro atoms. The third-order valence-corrected chi connectivity index (χ3v) is 4.14. The molecule has 1 aromatic carbocycles. The van der Waals surface area contributed by atoms with E-state index < -0.39 is 23.4 Å². The summed E-state index contributed by atoms with van der Waals surface area (Å²) in [7, 11) is 0. The first-order valence-electron chi connectivity index (χ1n) is 5.51. The summed E-state index contributed by atoms with van der Waals surface area (Å²) >= 11 is 1.22. The van der Waals surface area contributed by atoms with Crippen LogP contribution < -0.4 is 10.6 Å². The number of carboxylic acids is 1. The number of imide groups is 1. The summed E-state index contributed by atoms with van der Waals surface area (Å²) < 4.78 is 0. The van der Waals surface area contributed by atoms with Crippen molar-refractivity contribution in [2.24, 2.45) is 0 Å². The molecule has 1 fully saturated rings. The third-order valence-electron chi connectivity index (χ3n) is 2.75. The van der Waals surface area contributed by atoms with Gasteiger partial charge in [-0.05, 0) is 19.1 Å². The van der Waals surface area contributed by atoms with Crippen LogP contribution >= 0.6 is 11.8 Å². The summed E-state index contributed by atoms with van der Waals surface area (Å²) in [5.74, 6) is -1.17. The maximum Gasteiger partial charge on any atom is 0.336 e. The Morgan fingerprint density at radius 3 is 2.63 bits per heavy atom. The molecule has 6 nitrogen and oxygen atoms in total. The van der Waals surface area contributed by atoms with E-state index in [0.29, 0.717) is 4.90 Å². The van der Waals surface area contributed by atoms with Crippen LogP contribution in [0.2, 0.25) is 0 Å². The van der Waals surface area contributed by atoms with Crippen molar-refractivity contribution in [3.05, 3.63) is 29.8 Å². The normalized spacial score (nSPS) is 21.9. The quantitative estimate of drug-likeness (QED) is 0.566. The number of carboxylic acid groups (broad SMARTS) is 1. The SMILES string of the molecule is CC1(CSc2ccccc2C(=O)O)NC(=O)NC1=O. The number of amides is 3. The van der Waals surface area contributed by atoms with E-state index >= 15 is 0 Å². The van der Waals surface area contributed by atoms with Gasteiger partial charge < -0.3 is 10.4 Å². The fourth-order valence-electron chi connectivity index (χ4n) is 1.67. The van der Waals surface area contributed by atoms with E-state index in [1.807, 2.05) is 0 Å². The molecular weight excluding hydrogens is 268 g/mol. The molecule has 1 aliphatic rings. The molecule has 1 aliphatic heterocycles. The fraction of sp³-hybridized carbons (Fsp3) is 0.250. The number of aromatic carboxylic acids is 1. The van der Waals surface area contributed by atoms with Gasteiger partial charge in [-0.15, -0.1) is 11.8 Å².